The zero-order valence-corrected chi connectivity index (χ0v) is 11.7. The predicted molar refractivity (Wildman–Crippen MR) is 77.8 cm³/mol. The van der Waals surface area contributed by atoms with Crippen molar-refractivity contribution in [2.45, 2.75) is 25.3 Å². The Hall–Kier alpha value is -1.72. The number of nitrogens with zero attached hydrogens (tertiary/aromatic N) is 1. The molecule has 1 aromatic heterocycles. The van der Waals surface area contributed by atoms with Gasteiger partial charge in [-0.1, -0.05) is 6.07 Å². The second kappa shape index (κ2) is 5.95. The molecule has 1 atom stereocenters. The third kappa shape index (κ3) is 2.84. The molecule has 2 heterocycles. The summed E-state index contributed by atoms with van der Waals surface area (Å²) in [6.45, 7) is 1.79. The number of aliphatic hydroxyl groups is 1. The molecule has 0 bridgehead atoms. The van der Waals surface area contributed by atoms with Crippen LogP contribution in [0.1, 0.15) is 18.6 Å². The first-order valence-corrected chi connectivity index (χ1v) is 7.25. The highest BCUT2D eigenvalue weighted by atomic mass is 19.1. The molecule has 1 aromatic carbocycles. The molecule has 1 aliphatic heterocycles. The van der Waals surface area contributed by atoms with E-state index in [1.165, 1.54) is 12.1 Å². The third-order valence-corrected chi connectivity index (χ3v) is 4.16. The van der Waals surface area contributed by atoms with Gasteiger partial charge in [-0.15, -0.1) is 0 Å². The molecule has 0 unspecified atom stereocenters. The molecule has 1 aliphatic rings. The van der Waals surface area contributed by atoms with Gasteiger partial charge in [0.2, 0.25) is 0 Å². The number of aliphatic hydroxyl groups excluding tert-OH is 1. The highest BCUT2D eigenvalue weighted by Gasteiger charge is 2.23. The normalized spacial score (nSPS) is 19.4. The van der Waals surface area contributed by atoms with Crippen LogP contribution in [0.4, 0.5) is 4.39 Å². The lowest BCUT2D eigenvalue weighted by Gasteiger charge is -2.22. The van der Waals surface area contributed by atoms with Crippen molar-refractivity contribution in [2.75, 3.05) is 19.7 Å². The van der Waals surface area contributed by atoms with E-state index in [1.807, 2.05) is 0 Å². The van der Waals surface area contributed by atoms with Crippen molar-refractivity contribution in [3.8, 4) is 0 Å². The average Bonchev–Trinajstić information content (AvgIpc) is 2.94. The topological polar surface area (TPSA) is 53.7 Å². The molecule has 1 saturated heterocycles. The maximum atomic E-state index is 13.8. The Balaban J connectivity index is 1.81. The maximum Gasteiger partial charge on any atom is 0.343 e. The third-order valence-electron chi connectivity index (χ3n) is 4.16. The van der Waals surface area contributed by atoms with E-state index in [0.717, 1.165) is 19.4 Å². The smallest absolute Gasteiger partial charge is 0.343 e. The largest absolute Gasteiger partial charge is 0.427 e. The van der Waals surface area contributed by atoms with Crippen LogP contribution in [-0.4, -0.2) is 35.7 Å². The number of likely N-dealkylation sites (tertiary alicyclic amines) is 1. The second-order valence-corrected chi connectivity index (χ2v) is 5.47. The van der Waals surface area contributed by atoms with Crippen molar-refractivity contribution in [1.82, 2.24) is 4.90 Å². The van der Waals surface area contributed by atoms with Crippen LogP contribution in [0.15, 0.2) is 33.5 Å². The quantitative estimate of drug-likeness (QED) is 0.935. The molecule has 0 amide bonds. The van der Waals surface area contributed by atoms with Gasteiger partial charge in [-0.05, 0) is 37.6 Å². The molecular weight excluding hydrogens is 273 g/mol. The van der Waals surface area contributed by atoms with Gasteiger partial charge in [-0.25, -0.2) is 9.18 Å². The fourth-order valence-corrected chi connectivity index (χ4v) is 3.00. The molecule has 0 spiro atoms. The standard InChI is InChI=1S/C16H18FNO3/c17-15-5-1-4-13-14(15)9-12(21-16(13)20)6-8-18-7-2-3-11(18)10-19/h1,4-5,9,11,19H,2-3,6-8,10H2/t11-/m1/s1. The molecule has 21 heavy (non-hydrogen) atoms. The second-order valence-electron chi connectivity index (χ2n) is 5.47. The first kappa shape index (κ1) is 14.2. The van der Waals surface area contributed by atoms with Gasteiger partial charge in [-0.3, -0.25) is 4.90 Å². The molecule has 1 N–H and O–H groups in total. The van der Waals surface area contributed by atoms with Crippen molar-refractivity contribution >= 4 is 10.8 Å². The summed E-state index contributed by atoms with van der Waals surface area (Å²) in [5.41, 5.74) is -0.498. The molecule has 2 aromatic rings. The van der Waals surface area contributed by atoms with Crippen molar-refractivity contribution in [1.29, 1.82) is 0 Å². The minimum absolute atomic E-state index is 0.149. The van der Waals surface area contributed by atoms with Crippen molar-refractivity contribution in [3.63, 3.8) is 0 Å². The summed E-state index contributed by atoms with van der Waals surface area (Å²) in [5.74, 6) is 0.0808. The summed E-state index contributed by atoms with van der Waals surface area (Å²) in [6.07, 6.45) is 2.60. The lowest BCUT2D eigenvalue weighted by Crippen LogP contribution is -2.33. The van der Waals surface area contributed by atoms with Crippen LogP contribution in [-0.2, 0) is 6.42 Å². The monoisotopic (exact) mass is 291 g/mol. The van der Waals surface area contributed by atoms with Gasteiger partial charge in [0.15, 0.2) is 0 Å². The Morgan fingerprint density at radius 1 is 1.38 bits per heavy atom. The zero-order chi connectivity index (χ0) is 14.8. The van der Waals surface area contributed by atoms with Gasteiger partial charge in [0.1, 0.15) is 11.6 Å². The number of hydrogen-bond donors (Lipinski definition) is 1. The lowest BCUT2D eigenvalue weighted by molar-refractivity contribution is 0.158. The minimum atomic E-state index is -0.498. The van der Waals surface area contributed by atoms with Gasteiger partial charge in [-0.2, -0.15) is 0 Å². The fourth-order valence-electron chi connectivity index (χ4n) is 3.00. The van der Waals surface area contributed by atoms with Crippen LogP contribution in [0.2, 0.25) is 0 Å². The van der Waals surface area contributed by atoms with E-state index in [4.69, 9.17) is 4.42 Å². The summed E-state index contributed by atoms with van der Waals surface area (Å²) < 4.78 is 19.0. The minimum Gasteiger partial charge on any atom is -0.427 e. The van der Waals surface area contributed by atoms with Crippen molar-refractivity contribution in [3.05, 3.63) is 46.3 Å². The highest BCUT2D eigenvalue weighted by Crippen LogP contribution is 2.19. The number of hydrogen-bond acceptors (Lipinski definition) is 4. The highest BCUT2D eigenvalue weighted by molar-refractivity contribution is 5.81. The maximum absolute atomic E-state index is 13.8. The average molecular weight is 291 g/mol. The molecule has 4 nitrogen and oxygen atoms in total. The van der Waals surface area contributed by atoms with Crippen LogP contribution in [0.3, 0.4) is 0 Å². The van der Waals surface area contributed by atoms with Crippen molar-refractivity contribution in [2.24, 2.45) is 0 Å². The van der Waals surface area contributed by atoms with Crippen LogP contribution in [0.25, 0.3) is 10.8 Å². The van der Waals surface area contributed by atoms with Crippen LogP contribution in [0, 0.1) is 5.82 Å². The van der Waals surface area contributed by atoms with E-state index in [-0.39, 0.29) is 18.0 Å². The molecule has 0 saturated carbocycles. The summed E-state index contributed by atoms with van der Waals surface area (Å²) in [5, 5.41) is 9.87. The summed E-state index contributed by atoms with van der Waals surface area (Å²) >= 11 is 0. The Bertz CT molecular complexity index is 697. The zero-order valence-electron chi connectivity index (χ0n) is 11.7. The van der Waals surface area contributed by atoms with E-state index >= 15 is 0 Å². The van der Waals surface area contributed by atoms with E-state index in [1.54, 1.807) is 12.1 Å². The first-order valence-electron chi connectivity index (χ1n) is 7.25. The summed E-state index contributed by atoms with van der Waals surface area (Å²) in [6, 6.07) is 6.21. The molecular formula is C16H18FNO3. The van der Waals surface area contributed by atoms with Crippen LogP contribution in [0.5, 0.6) is 0 Å². The lowest BCUT2D eigenvalue weighted by atomic mass is 10.1. The molecule has 0 radical (unpaired) electrons. The predicted octanol–water partition coefficient (Wildman–Crippen LogP) is 1.93. The molecule has 0 aliphatic carbocycles. The van der Waals surface area contributed by atoms with Gasteiger partial charge in [0.05, 0.1) is 12.0 Å². The van der Waals surface area contributed by atoms with Gasteiger partial charge >= 0.3 is 5.63 Å². The number of benzene rings is 1. The Labute approximate surface area is 121 Å². The summed E-state index contributed by atoms with van der Waals surface area (Å²) in [7, 11) is 0. The number of fused-ring (bicyclic) bond motifs is 1. The number of halogens is 1. The molecule has 5 heteroatoms. The van der Waals surface area contributed by atoms with E-state index in [9.17, 15) is 14.3 Å². The van der Waals surface area contributed by atoms with E-state index in [2.05, 4.69) is 4.90 Å². The molecule has 1 fully saturated rings. The number of rotatable bonds is 4. The molecule has 3 rings (SSSR count). The Morgan fingerprint density at radius 3 is 3.05 bits per heavy atom. The Kier molecular flexibility index (Phi) is 4.03. The van der Waals surface area contributed by atoms with Gasteiger partial charge < -0.3 is 9.52 Å². The molecule has 112 valence electrons. The Morgan fingerprint density at radius 2 is 2.24 bits per heavy atom. The van der Waals surface area contributed by atoms with Crippen LogP contribution >= 0.6 is 0 Å². The first-order chi connectivity index (χ1) is 10.2. The van der Waals surface area contributed by atoms with E-state index < -0.39 is 11.4 Å². The van der Waals surface area contributed by atoms with Crippen molar-refractivity contribution < 1.29 is 13.9 Å². The van der Waals surface area contributed by atoms with Gasteiger partial charge in [0, 0.05) is 24.4 Å². The van der Waals surface area contributed by atoms with Gasteiger partial charge in [0.25, 0.3) is 0 Å². The van der Waals surface area contributed by atoms with Crippen LogP contribution < -0.4 is 5.63 Å². The SMILES string of the molecule is O=c1oc(CCN2CCC[C@@H]2CO)cc2c(F)cccc12. The van der Waals surface area contributed by atoms with E-state index in [0.29, 0.717) is 24.1 Å². The summed E-state index contributed by atoms with van der Waals surface area (Å²) in [4.78, 5) is 14.1. The fraction of sp³-hybridized carbons (Fsp3) is 0.438.